The molecule has 0 radical (unpaired) electrons. The zero-order chi connectivity index (χ0) is 15.6. The Hall–Kier alpha value is -1.98. The molecule has 6 heteroatoms. The van der Waals surface area contributed by atoms with E-state index in [0.29, 0.717) is 44.0 Å². The summed E-state index contributed by atoms with van der Waals surface area (Å²) in [4.78, 5) is 24.1. The van der Waals surface area contributed by atoms with Crippen molar-refractivity contribution >= 4 is 11.9 Å². The van der Waals surface area contributed by atoms with Crippen LogP contribution < -0.4 is 5.32 Å². The zero-order valence-electron chi connectivity index (χ0n) is 12.5. The number of carboxylic acid groups (broad SMARTS) is 1. The second-order valence-electron chi connectivity index (χ2n) is 6.09. The van der Waals surface area contributed by atoms with Crippen molar-refractivity contribution in [3.8, 4) is 0 Å². The predicted molar refractivity (Wildman–Crippen MR) is 77.8 cm³/mol. The third kappa shape index (κ3) is 2.82. The molecule has 120 valence electrons. The summed E-state index contributed by atoms with van der Waals surface area (Å²) in [7, 11) is 0. The molecule has 1 unspecified atom stereocenters. The van der Waals surface area contributed by atoms with Gasteiger partial charge in [0.1, 0.15) is 24.5 Å². The highest BCUT2D eigenvalue weighted by Crippen LogP contribution is 2.31. The van der Waals surface area contributed by atoms with E-state index in [9.17, 15) is 14.7 Å². The molecule has 22 heavy (non-hydrogen) atoms. The Kier molecular flexibility index (Phi) is 4.09. The van der Waals surface area contributed by atoms with Crippen molar-refractivity contribution in [2.45, 2.75) is 44.1 Å². The number of carbonyl (C=O) groups is 2. The summed E-state index contributed by atoms with van der Waals surface area (Å²) in [6.07, 6.45) is 7.62. The number of amides is 1. The van der Waals surface area contributed by atoms with E-state index in [-0.39, 0.29) is 5.91 Å². The number of hydrogen-bond acceptors (Lipinski definition) is 4. The van der Waals surface area contributed by atoms with Crippen molar-refractivity contribution in [2.75, 3.05) is 13.2 Å². The van der Waals surface area contributed by atoms with Gasteiger partial charge >= 0.3 is 5.97 Å². The van der Waals surface area contributed by atoms with Crippen molar-refractivity contribution in [1.82, 2.24) is 5.32 Å². The summed E-state index contributed by atoms with van der Waals surface area (Å²) < 4.78 is 11.0. The molecule has 0 aromatic carbocycles. The predicted octanol–water partition coefficient (Wildman–Crippen LogP) is 1.72. The van der Waals surface area contributed by atoms with Gasteiger partial charge < -0.3 is 19.9 Å². The zero-order valence-corrected chi connectivity index (χ0v) is 12.5. The largest absolute Gasteiger partial charge is 0.490 e. The van der Waals surface area contributed by atoms with E-state index in [1.807, 2.05) is 0 Å². The van der Waals surface area contributed by atoms with Crippen LogP contribution in [0.4, 0.5) is 0 Å². The molecule has 0 aromatic rings. The molecule has 1 amide bonds. The van der Waals surface area contributed by atoms with Gasteiger partial charge in [0.2, 0.25) is 5.91 Å². The number of aliphatic carboxylic acids is 1. The highest BCUT2D eigenvalue weighted by molar-refractivity contribution is 5.89. The molecule has 0 aromatic heterocycles. The van der Waals surface area contributed by atoms with Gasteiger partial charge in [0.05, 0.1) is 5.92 Å². The van der Waals surface area contributed by atoms with Gasteiger partial charge in [-0.15, -0.1) is 0 Å². The van der Waals surface area contributed by atoms with Gasteiger partial charge in [-0.05, 0) is 18.9 Å². The maximum Gasteiger partial charge on any atom is 0.329 e. The Bertz CT molecular complexity index is 531. The van der Waals surface area contributed by atoms with E-state index in [2.05, 4.69) is 5.32 Å². The normalized spacial score (nSPS) is 26.5. The number of carbonyl (C=O) groups excluding carboxylic acids is 1. The van der Waals surface area contributed by atoms with Gasteiger partial charge in [-0.2, -0.15) is 0 Å². The van der Waals surface area contributed by atoms with Gasteiger partial charge in [-0.25, -0.2) is 4.79 Å². The molecule has 0 spiro atoms. The van der Waals surface area contributed by atoms with E-state index in [1.54, 1.807) is 12.2 Å². The van der Waals surface area contributed by atoms with E-state index in [4.69, 9.17) is 9.47 Å². The first-order chi connectivity index (χ1) is 10.6. The average molecular weight is 307 g/mol. The fourth-order valence-electron chi connectivity index (χ4n) is 3.30. The first-order valence-corrected chi connectivity index (χ1v) is 7.83. The number of nitrogens with one attached hydrogen (secondary N) is 1. The molecular weight excluding hydrogens is 286 g/mol. The summed E-state index contributed by atoms with van der Waals surface area (Å²) in [6, 6.07) is 0. The lowest BCUT2D eigenvalue weighted by Crippen LogP contribution is -2.56. The molecule has 6 nitrogen and oxygen atoms in total. The van der Waals surface area contributed by atoms with Crippen LogP contribution in [0.2, 0.25) is 0 Å². The van der Waals surface area contributed by atoms with Gasteiger partial charge in [0.15, 0.2) is 5.76 Å². The third-order valence-corrected chi connectivity index (χ3v) is 4.59. The van der Waals surface area contributed by atoms with Crippen LogP contribution in [-0.4, -0.2) is 35.7 Å². The topological polar surface area (TPSA) is 84.9 Å². The summed E-state index contributed by atoms with van der Waals surface area (Å²) in [5.41, 5.74) is -1.11. The first kappa shape index (κ1) is 14.9. The van der Waals surface area contributed by atoms with Gasteiger partial charge in [0, 0.05) is 6.42 Å². The molecule has 2 aliphatic carbocycles. The van der Waals surface area contributed by atoms with Crippen LogP contribution >= 0.6 is 0 Å². The summed E-state index contributed by atoms with van der Waals surface area (Å²) >= 11 is 0. The summed E-state index contributed by atoms with van der Waals surface area (Å²) in [5, 5.41) is 12.3. The molecule has 1 aliphatic heterocycles. The molecule has 2 N–H and O–H groups in total. The maximum atomic E-state index is 12.5. The van der Waals surface area contributed by atoms with E-state index >= 15 is 0 Å². The Labute approximate surface area is 129 Å². The number of allylic oxidation sites excluding steroid dienone is 2. The lowest BCUT2D eigenvalue weighted by molar-refractivity contribution is -0.149. The smallest absolute Gasteiger partial charge is 0.329 e. The van der Waals surface area contributed by atoms with E-state index in [0.717, 1.165) is 19.3 Å². The van der Waals surface area contributed by atoms with Crippen LogP contribution in [0.25, 0.3) is 0 Å². The van der Waals surface area contributed by atoms with Gasteiger partial charge in [-0.3, -0.25) is 4.79 Å². The monoisotopic (exact) mass is 307 g/mol. The van der Waals surface area contributed by atoms with Crippen molar-refractivity contribution in [2.24, 2.45) is 5.92 Å². The van der Waals surface area contributed by atoms with Crippen LogP contribution in [0.5, 0.6) is 0 Å². The molecule has 1 atom stereocenters. The highest BCUT2D eigenvalue weighted by Gasteiger charge is 2.42. The fourth-order valence-corrected chi connectivity index (χ4v) is 3.30. The Morgan fingerprint density at radius 1 is 1.18 bits per heavy atom. The molecule has 1 heterocycles. The SMILES string of the molecule is O=C(NC1(C(=O)O)CCCCC1)C1C=CC2=C(C1)OCCO2. The molecule has 3 aliphatic rings. The first-order valence-electron chi connectivity index (χ1n) is 7.83. The number of ether oxygens (including phenoxy) is 2. The van der Waals surface area contributed by atoms with Crippen LogP contribution in [0.15, 0.2) is 23.7 Å². The van der Waals surface area contributed by atoms with Crippen LogP contribution in [0, 0.1) is 5.92 Å². The number of hydrogen-bond donors (Lipinski definition) is 2. The lowest BCUT2D eigenvalue weighted by atomic mass is 9.81. The second kappa shape index (κ2) is 6.02. The quantitative estimate of drug-likeness (QED) is 0.829. The van der Waals surface area contributed by atoms with E-state index < -0.39 is 17.4 Å². The molecule has 3 rings (SSSR count). The van der Waals surface area contributed by atoms with Crippen LogP contribution in [-0.2, 0) is 19.1 Å². The maximum absolute atomic E-state index is 12.5. The van der Waals surface area contributed by atoms with Crippen molar-refractivity contribution in [3.05, 3.63) is 23.7 Å². The average Bonchev–Trinajstić information content (AvgIpc) is 2.55. The fraction of sp³-hybridized carbons (Fsp3) is 0.625. The van der Waals surface area contributed by atoms with Gasteiger partial charge in [-0.1, -0.05) is 25.3 Å². The molecule has 1 saturated carbocycles. The van der Waals surface area contributed by atoms with Gasteiger partial charge in [0.25, 0.3) is 0 Å². The summed E-state index contributed by atoms with van der Waals surface area (Å²) in [6.45, 7) is 1.00. The van der Waals surface area contributed by atoms with Crippen molar-refractivity contribution in [1.29, 1.82) is 0 Å². The van der Waals surface area contributed by atoms with Crippen LogP contribution in [0.3, 0.4) is 0 Å². The highest BCUT2D eigenvalue weighted by atomic mass is 16.6. The standard InChI is InChI=1S/C16H21NO5/c18-14(17-16(15(19)20)6-2-1-3-7-16)11-4-5-12-13(10-11)22-9-8-21-12/h4-5,11H,1-3,6-10H2,(H,17,18)(H,19,20). The number of rotatable bonds is 3. The molecular formula is C16H21NO5. The molecule has 0 bridgehead atoms. The summed E-state index contributed by atoms with van der Waals surface area (Å²) in [5.74, 6) is -0.222. The minimum absolute atomic E-state index is 0.249. The Morgan fingerprint density at radius 3 is 2.64 bits per heavy atom. The Morgan fingerprint density at radius 2 is 1.91 bits per heavy atom. The van der Waals surface area contributed by atoms with E-state index in [1.165, 1.54) is 0 Å². The third-order valence-electron chi connectivity index (χ3n) is 4.59. The van der Waals surface area contributed by atoms with Crippen molar-refractivity contribution < 1.29 is 24.2 Å². The minimum Gasteiger partial charge on any atom is -0.490 e. The minimum atomic E-state index is -1.11. The Balaban J connectivity index is 1.68. The van der Waals surface area contributed by atoms with Crippen molar-refractivity contribution in [3.63, 3.8) is 0 Å². The second-order valence-corrected chi connectivity index (χ2v) is 6.09. The lowest BCUT2D eigenvalue weighted by Gasteiger charge is -2.35. The number of carboxylic acids is 1. The molecule has 1 fully saturated rings. The van der Waals surface area contributed by atoms with Crippen LogP contribution in [0.1, 0.15) is 38.5 Å². The molecule has 0 saturated heterocycles.